The van der Waals surface area contributed by atoms with Crippen LogP contribution in [0.1, 0.15) is 46.1 Å². The van der Waals surface area contributed by atoms with Gasteiger partial charge in [0, 0.05) is 30.7 Å². The number of aromatic amines is 1. The fourth-order valence-corrected chi connectivity index (χ4v) is 4.00. The Kier molecular flexibility index (Phi) is 5.03. The summed E-state index contributed by atoms with van der Waals surface area (Å²) in [4.78, 5) is 20.5. The first-order chi connectivity index (χ1) is 13.3. The second-order valence-electron chi connectivity index (χ2n) is 8.53. The summed E-state index contributed by atoms with van der Waals surface area (Å²) in [5, 5.41) is 4.43. The molecule has 4 rings (SSSR count). The molecule has 0 amide bonds. The van der Waals surface area contributed by atoms with E-state index >= 15 is 0 Å². The quantitative estimate of drug-likeness (QED) is 0.502. The molecule has 1 saturated carbocycles. The highest BCUT2D eigenvalue weighted by molar-refractivity contribution is 6.01. The van der Waals surface area contributed by atoms with Crippen molar-refractivity contribution >= 4 is 22.1 Å². The highest BCUT2D eigenvalue weighted by Gasteiger charge is 2.29. The molecule has 1 fully saturated rings. The summed E-state index contributed by atoms with van der Waals surface area (Å²) >= 11 is 0. The smallest absolute Gasteiger partial charge is 0.329 e. The Bertz CT molecular complexity index is 1030. The van der Waals surface area contributed by atoms with Crippen LogP contribution in [0.25, 0.3) is 22.1 Å². The van der Waals surface area contributed by atoms with Crippen LogP contribution in [-0.4, -0.2) is 44.3 Å². The third-order valence-corrected chi connectivity index (χ3v) is 5.45. The lowest BCUT2D eigenvalue weighted by Crippen LogP contribution is -2.31. The van der Waals surface area contributed by atoms with Crippen LogP contribution < -0.4 is 11.0 Å². The number of fused-ring (bicyclic) bond motifs is 3. The molecule has 0 spiro atoms. The van der Waals surface area contributed by atoms with Gasteiger partial charge >= 0.3 is 5.69 Å². The van der Waals surface area contributed by atoms with E-state index in [1.54, 1.807) is 10.8 Å². The molecule has 1 aliphatic carbocycles. The van der Waals surface area contributed by atoms with E-state index in [9.17, 15) is 4.79 Å². The zero-order chi connectivity index (χ0) is 19.9. The van der Waals surface area contributed by atoms with Gasteiger partial charge in [-0.15, -0.1) is 0 Å². The van der Waals surface area contributed by atoms with Crippen LogP contribution in [0.4, 0.5) is 0 Å². The average molecular weight is 387 g/mol. The van der Waals surface area contributed by atoms with Crippen molar-refractivity contribution in [2.75, 3.05) is 13.5 Å². The lowest BCUT2D eigenvalue weighted by atomic mass is 10.2. The molecule has 0 unspecified atom stereocenters. The van der Waals surface area contributed by atoms with Crippen molar-refractivity contribution in [2.45, 2.75) is 57.7 Å². The number of rotatable bonds is 6. The molecule has 3 aromatic rings. The fraction of sp³-hybridized carbons (Fsp3) is 0.600. The Balaban J connectivity index is 1.47. The second-order valence-corrected chi connectivity index (χ2v) is 8.53. The molecular weight excluding hydrogens is 358 g/mol. The van der Waals surface area contributed by atoms with Crippen molar-refractivity contribution in [3.05, 3.63) is 28.9 Å². The van der Waals surface area contributed by atoms with Gasteiger partial charge in [-0.05, 0) is 46.1 Å². The van der Waals surface area contributed by atoms with E-state index in [0.717, 1.165) is 41.3 Å². The Hall–Kier alpha value is -2.16. The van der Waals surface area contributed by atoms with Crippen molar-refractivity contribution in [3.63, 3.8) is 0 Å². The molecule has 1 aliphatic rings. The number of aromatic nitrogens is 4. The topological polar surface area (TPSA) is 86.1 Å². The first-order valence-corrected chi connectivity index (χ1v) is 9.83. The number of aryl methyl sites for hydroxylation is 1. The molecule has 28 heavy (non-hydrogen) atoms. The number of pyridine rings is 1. The molecule has 2 atom stereocenters. The van der Waals surface area contributed by atoms with Gasteiger partial charge in [-0.3, -0.25) is 14.5 Å². The minimum atomic E-state index is -0.202. The summed E-state index contributed by atoms with van der Waals surface area (Å²) in [6, 6.07) is 2.49. The molecule has 0 bridgehead atoms. The summed E-state index contributed by atoms with van der Waals surface area (Å²) in [7, 11) is 1.81. The number of hydrogen-bond acceptors (Lipinski definition) is 5. The molecule has 0 aliphatic heterocycles. The molecule has 0 radical (unpaired) electrons. The summed E-state index contributed by atoms with van der Waals surface area (Å²) in [6.45, 7) is 6.73. The predicted octanol–water partition coefficient (Wildman–Crippen LogP) is 2.65. The van der Waals surface area contributed by atoms with Gasteiger partial charge in [0.1, 0.15) is 12.4 Å². The lowest BCUT2D eigenvalue weighted by molar-refractivity contribution is -0.124. The molecule has 3 aromatic heterocycles. The van der Waals surface area contributed by atoms with Gasteiger partial charge in [0.15, 0.2) is 0 Å². The van der Waals surface area contributed by atoms with Crippen molar-refractivity contribution < 1.29 is 9.47 Å². The molecule has 3 heterocycles. The highest BCUT2D eigenvalue weighted by Crippen LogP contribution is 2.33. The van der Waals surface area contributed by atoms with E-state index in [1.807, 2.05) is 44.6 Å². The Labute approximate surface area is 163 Å². The molecular formula is C20H29N5O3. The van der Waals surface area contributed by atoms with Crippen LogP contribution in [0.15, 0.2) is 23.3 Å². The maximum absolute atomic E-state index is 13.0. The summed E-state index contributed by atoms with van der Waals surface area (Å²) in [5.74, 6) is 0. The summed E-state index contributed by atoms with van der Waals surface area (Å²) in [6.07, 6.45) is 6.52. The van der Waals surface area contributed by atoms with E-state index in [-0.39, 0.29) is 24.1 Å². The van der Waals surface area contributed by atoms with E-state index in [2.05, 4.69) is 15.3 Å². The van der Waals surface area contributed by atoms with Gasteiger partial charge in [-0.25, -0.2) is 9.78 Å². The van der Waals surface area contributed by atoms with Gasteiger partial charge in [0.25, 0.3) is 0 Å². The first-order valence-electron chi connectivity index (χ1n) is 9.83. The zero-order valence-corrected chi connectivity index (χ0v) is 17.0. The third kappa shape index (κ3) is 3.59. The van der Waals surface area contributed by atoms with Gasteiger partial charge in [0.2, 0.25) is 0 Å². The first kappa shape index (κ1) is 19.2. The van der Waals surface area contributed by atoms with Gasteiger partial charge in [-0.1, -0.05) is 0 Å². The minimum absolute atomic E-state index is 0.0194. The van der Waals surface area contributed by atoms with Crippen LogP contribution in [0.5, 0.6) is 0 Å². The molecule has 0 aromatic carbocycles. The maximum Gasteiger partial charge on any atom is 0.329 e. The van der Waals surface area contributed by atoms with Crippen LogP contribution in [-0.2, 0) is 16.5 Å². The van der Waals surface area contributed by atoms with Gasteiger partial charge < -0.3 is 14.5 Å². The maximum atomic E-state index is 13.0. The molecule has 0 saturated heterocycles. The van der Waals surface area contributed by atoms with Crippen LogP contribution in [0, 0.1) is 0 Å². The van der Waals surface area contributed by atoms with Crippen LogP contribution in [0.3, 0.4) is 0 Å². The molecule has 152 valence electrons. The minimum Gasteiger partial charge on any atom is -0.350 e. The van der Waals surface area contributed by atoms with Crippen LogP contribution >= 0.6 is 0 Å². The highest BCUT2D eigenvalue weighted by atomic mass is 16.7. The summed E-state index contributed by atoms with van der Waals surface area (Å²) in [5.41, 5.74) is 2.47. The Morgan fingerprint density at radius 2 is 2.18 bits per heavy atom. The molecule has 8 nitrogen and oxygen atoms in total. The average Bonchev–Trinajstić information content (AvgIpc) is 3.33. The number of nitrogens with one attached hydrogen (secondary N) is 2. The van der Waals surface area contributed by atoms with E-state index in [1.165, 1.54) is 0 Å². The number of imidazole rings is 1. The number of hydrogen-bond donors (Lipinski definition) is 2. The zero-order valence-electron chi connectivity index (χ0n) is 17.0. The van der Waals surface area contributed by atoms with E-state index in [4.69, 9.17) is 9.47 Å². The van der Waals surface area contributed by atoms with Crippen LogP contribution in [0.2, 0.25) is 0 Å². The van der Waals surface area contributed by atoms with E-state index in [0.29, 0.717) is 12.8 Å². The standard InChI is InChI=1S/C20H29N5O3/c1-20(2,3)28-12-27-11-23-13-5-6-14(9-13)25-17-15-7-8-21-18(15)22-10-16(17)24(4)19(25)26/h7-8,10,13-14,23H,5-6,9,11-12H2,1-4H3,(H,21,22)/t13-,14-/m1/s1. The Morgan fingerprint density at radius 1 is 1.36 bits per heavy atom. The second kappa shape index (κ2) is 7.35. The number of ether oxygens (including phenoxy) is 2. The van der Waals surface area contributed by atoms with E-state index < -0.39 is 0 Å². The van der Waals surface area contributed by atoms with Gasteiger partial charge in [0.05, 0.1) is 29.6 Å². The van der Waals surface area contributed by atoms with Crippen molar-refractivity contribution in [1.29, 1.82) is 0 Å². The number of H-pyrrole nitrogens is 1. The number of nitrogens with zero attached hydrogens (tertiary/aromatic N) is 3. The normalized spacial score (nSPS) is 20.6. The SMILES string of the molecule is Cn1c(=O)n([C@@H]2CC[C@@H](NCOCOC(C)(C)C)C2)c2c3cc[nH]c3ncc21. The fourth-order valence-electron chi connectivity index (χ4n) is 4.00. The lowest BCUT2D eigenvalue weighted by Gasteiger charge is -2.20. The predicted molar refractivity (Wildman–Crippen MR) is 108 cm³/mol. The Morgan fingerprint density at radius 3 is 2.96 bits per heavy atom. The monoisotopic (exact) mass is 387 g/mol. The molecule has 2 N–H and O–H groups in total. The largest absolute Gasteiger partial charge is 0.350 e. The molecule has 8 heteroatoms. The van der Waals surface area contributed by atoms with Crippen molar-refractivity contribution in [2.24, 2.45) is 7.05 Å². The van der Waals surface area contributed by atoms with Crippen molar-refractivity contribution in [1.82, 2.24) is 24.4 Å². The third-order valence-electron chi connectivity index (χ3n) is 5.45. The summed E-state index contributed by atoms with van der Waals surface area (Å²) < 4.78 is 14.8. The van der Waals surface area contributed by atoms with Crippen molar-refractivity contribution in [3.8, 4) is 0 Å². The van der Waals surface area contributed by atoms with Gasteiger partial charge in [-0.2, -0.15) is 0 Å².